The molecule has 0 radical (unpaired) electrons. The normalized spacial score (nSPS) is 15.7. The molecule has 292 valence electrons. The van der Waals surface area contributed by atoms with E-state index in [0.29, 0.717) is 0 Å². The summed E-state index contributed by atoms with van der Waals surface area (Å²) in [5.74, 6) is 0.0915. The van der Waals surface area contributed by atoms with Crippen LogP contribution in [-0.2, 0) is 0 Å². The molecule has 2 aromatic heterocycles. The van der Waals surface area contributed by atoms with Crippen LogP contribution in [0.2, 0.25) is 0 Å². The highest BCUT2D eigenvalue weighted by atomic mass is 16.3. The molecule has 2 unspecified atom stereocenters. The molecular formula is C58H39N3O. The topological polar surface area (TPSA) is 24.6 Å². The van der Waals surface area contributed by atoms with Gasteiger partial charge < -0.3 is 18.8 Å². The van der Waals surface area contributed by atoms with Crippen molar-refractivity contribution in [3.05, 3.63) is 236 Å². The van der Waals surface area contributed by atoms with Gasteiger partial charge in [0.25, 0.3) is 0 Å². The van der Waals surface area contributed by atoms with Gasteiger partial charge in [0.05, 0.1) is 23.0 Å². The van der Waals surface area contributed by atoms with E-state index in [0.717, 1.165) is 39.0 Å². The van der Waals surface area contributed by atoms with Crippen molar-refractivity contribution in [1.29, 1.82) is 0 Å². The average molecular weight is 794 g/mol. The Morgan fingerprint density at radius 2 is 1.11 bits per heavy atom. The highest BCUT2D eigenvalue weighted by molar-refractivity contribution is 6.13. The highest BCUT2D eigenvalue weighted by Crippen LogP contribution is 2.53. The van der Waals surface area contributed by atoms with Crippen LogP contribution in [0.25, 0.3) is 71.3 Å². The largest absolute Gasteiger partial charge is 0.456 e. The molecule has 0 saturated carbocycles. The van der Waals surface area contributed by atoms with Crippen LogP contribution in [0.5, 0.6) is 0 Å². The number of fused-ring (bicyclic) bond motifs is 10. The fourth-order valence-corrected chi connectivity index (χ4v) is 10.3. The molecule has 0 bridgehead atoms. The fraction of sp³-hybridized carbons (Fsp3) is 0.0345. The van der Waals surface area contributed by atoms with Gasteiger partial charge in [-0.1, -0.05) is 133 Å². The van der Waals surface area contributed by atoms with Gasteiger partial charge in [-0.25, -0.2) is 0 Å². The molecule has 0 fully saturated rings. The maximum Gasteiger partial charge on any atom is 0.137 e. The standard InChI is InChI=1S/C58H39N3O/c1-2-15-42(16-3-1)60-52-21-10-7-19-49(52)58-53(22-12-23-54(58)60)59(45-33-34-48-47-18-8-11-24-56(47)62-57(48)37-45)43-29-25-38(26-30-43)39-27-31-44(32-28-39)61-51-20-9-6-17-46(51)50-35-40-13-4-5-14-41(40)36-55(50)61/h1-37,53,58H. The van der Waals surface area contributed by atoms with Gasteiger partial charge in [-0.3, -0.25) is 0 Å². The van der Waals surface area contributed by atoms with E-state index in [-0.39, 0.29) is 12.0 Å². The maximum absolute atomic E-state index is 6.50. The van der Waals surface area contributed by atoms with E-state index >= 15 is 0 Å². The smallest absolute Gasteiger partial charge is 0.137 e. The van der Waals surface area contributed by atoms with Gasteiger partial charge in [-0.15, -0.1) is 0 Å². The summed E-state index contributed by atoms with van der Waals surface area (Å²) in [6.07, 6.45) is 6.90. The Balaban J connectivity index is 0.905. The molecule has 1 aliphatic heterocycles. The third kappa shape index (κ3) is 5.33. The molecule has 9 aromatic carbocycles. The van der Waals surface area contributed by atoms with Crippen molar-refractivity contribution in [2.75, 3.05) is 9.80 Å². The Morgan fingerprint density at radius 1 is 0.452 bits per heavy atom. The molecule has 0 spiro atoms. The van der Waals surface area contributed by atoms with Crippen LogP contribution in [0.3, 0.4) is 0 Å². The van der Waals surface area contributed by atoms with Gasteiger partial charge in [-0.2, -0.15) is 0 Å². The zero-order valence-corrected chi connectivity index (χ0v) is 33.8. The Hall–Kier alpha value is -8.08. The predicted octanol–water partition coefficient (Wildman–Crippen LogP) is 15.4. The lowest BCUT2D eigenvalue weighted by molar-refractivity contribution is 0.663. The Bertz CT molecular complexity index is 3590. The third-order valence-electron chi connectivity index (χ3n) is 13.1. The second kappa shape index (κ2) is 13.7. The van der Waals surface area contributed by atoms with E-state index in [4.69, 9.17) is 4.42 Å². The molecule has 11 aromatic rings. The summed E-state index contributed by atoms with van der Waals surface area (Å²) in [6, 6.07) is 74.8. The molecule has 62 heavy (non-hydrogen) atoms. The summed E-state index contributed by atoms with van der Waals surface area (Å²) >= 11 is 0. The van der Waals surface area contributed by atoms with Crippen molar-refractivity contribution in [1.82, 2.24) is 4.57 Å². The van der Waals surface area contributed by atoms with Crippen LogP contribution >= 0.6 is 0 Å². The van der Waals surface area contributed by atoms with E-state index in [9.17, 15) is 0 Å². The number of anilines is 4. The summed E-state index contributed by atoms with van der Waals surface area (Å²) in [7, 11) is 0. The SMILES string of the molecule is C1=CC(N(c2ccc(-c3ccc(-n4c5ccccc5c5cc6ccccc6cc54)cc3)cc2)c2ccc3c(c2)oc2ccccc23)C2C(=C1)N(c1ccccc1)c1ccccc12. The number of hydrogen-bond acceptors (Lipinski definition) is 3. The number of hydrogen-bond donors (Lipinski definition) is 0. The van der Waals surface area contributed by atoms with Gasteiger partial charge >= 0.3 is 0 Å². The molecule has 0 saturated heterocycles. The first-order valence-electron chi connectivity index (χ1n) is 21.4. The molecular weight excluding hydrogens is 755 g/mol. The number of rotatable bonds is 6. The second-order valence-electron chi connectivity index (χ2n) is 16.5. The van der Waals surface area contributed by atoms with Crippen molar-refractivity contribution >= 4 is 77.3 Å². The third-order valence-corrected chi connectivity index (χ3v) is 13.1. The molecule has 2 atom stereocenters. The molecule has 0 N–H and O–H groups in total. The minimum Gasteiger partial charge on any atom is -0.456 e. The number of allylic oxidation sites excluding steroid dienone is 2. The van der Waals surface area contributed by atoms with E-state index in [1.54, 1.807) is 0 Å². The molecule has 4 nitrogen and oxygen atoms in total. The number of furan rings is 1. The van der Waals surface area contributed by atoms with Gasteiger partial charge in [-0.05, 0) is 112 Å². The summed E-state index contributed by atoms with van der Waals surface area (Å²) in [5, 5.41) is 7.30. The monoisotopic (exact) mass is 793 g/mol. The average Bonchev–Trinajstić information content (AvgIpc) is 3.99. The van der Waals surface area contributed by atoms with Gasteiger partial charge in [0.15, 0.2) is 0 Å². The van der Waals surface area contributed by atoms with Crippen molar-refractivity contribution in [2.24, 2.45) is 0 Å². The van der Waals surface area contributed by atoms with Crippen LogP contribution in [0.4, 0.5) is 22.7 Å². The van der Waals surface area contributed by atoms with Gasteiger partial charge in [0.1, 0.15) is 11.2 Å². The first-order chi connectivity index (χ1) is 30.7. The van der Waals surface area contributed by atoms with Crippen LogP contribution in [0, 0.1) is 0 Å². The molecule has 13 rings (SSSR count). The second-order valence-corrected chi connectivity index (χ2v) is 16.5. The van der Waals surface area contributed by atoms with Crippen LogP contribution in [0.1, 0.15) is 11.5 Å². The Morgan fingerprint density at radius 3 is 1.95 bits per heavy atom. The number of para-hydroxylation sites is 4. The molecule has 0 amide bonds. The van der Waals surface area contributed by atoms with E-state index in [2.05, 4.69) is 233 Å². The van der Waals surface area contributed by atoms with Crippen molar-refractivity contribution < 1.29 is 4.42 Å². The van der Waals surface area contributed by atoms with Crippen LogP contribution in [0.15, 0.2) is 235 Å². The summed E-state index contributed by atoms with van der Waals surface area (Å²) in [6.45, 7) is 0. The number of nitrogens with zero attached hydrogens (tertiary/aromatic N) is 3. The fourth-order valence-electron chi connectivity index (χ4n) is 10.3. The van der Waals surface area contributed by atoms with Crippen LogP contribution in [-0.4, -0.2) is 10.6 Å². The molecule has 4 heteroatoms. The zero-order chi connectivity index (χ0) is 40.7. The minimum atomic E-state index is -0.0137. The highest BCUT2D eigenvalue weighted by Gasteiger charge is 2.42. The number of benzene rings is 9. The summed E-state index contributed by atoms with van der Waals surface area (Å²) < 4.78 is 8.90. The predicted molar refractivity (Wildman–Crippen MR) is 258 cm³/mol. The van der Waals surface area contributed by atoms with Crippen molar-refractivity contribution in [3.63, 3.8) is 0 Å². The van der Waals surface area contributed by atoms with Crippen molar-refractivity contribution in [3.8, 4) is 16.8 Å². The minimum absolute atomic E-state index is 0.0137. The lowest BCUT2D eigenvalue weighted by Crippen LogP contribution is -2.37. The van der Waals surface area contributed by atoms with E-state index < -0.39 is 0 Å². The number of aromatic nitrogens is 1. The first kappa shape index (κ1) is 34.8. The van der Waals surface area contributed by atoms with Crippen molar-refractivity contribution in [2.45, 2.75) is 12.0 Å². The lowest BCUT2D eigenvalue weighted by atomic mass is 9.85. The Kier molecular flexibility index (Phi) is 7.70. The summed E-state index contributed by atoms with van der Waals surface area (Å²) in [4.78, 5) is 4.94. The molecule has 2 aliphatic rings. The zero-order valence-electron chi connectivity index (χ0n) is 33.8. The van der Waals surface area contributed by atoms with Gasteiger partial charge in [0.2, 0.25) is 0 Å². The molecule has 1 aliphatic carbocycles. The van der Waals surface area contributed by atoms with E-state index in [1.807, 2.05) is 6.07 Å². The Labute approximate surface area is 359 Å². The first-order valence-corrected chi connectivity index (χ1v) is 21.4. The molecule has 3 heterocycles. The quantitative estimate of drug-likeness (QED) is 0.168. The van der Waals surface area contributed by atoms with Gasteiger partial charge in [0, 0.05) is 61.7 Å². The summed E-state index contributed by atoms with van der Waals surface area (Å²) in [5.41, 5.74) is 14.9. The van der Waals surface area contributed by atoms with Crippen LogP contribution < -0.4 is 9.80 Å². The van der Waals surface area contributed by atoms with E-state index in [1.165, 1.54) is 66.3 Å². The maximum atomic E-state index is 6.50. The lowest BCUT2D eigenvalue weighted by Gasteiger charge is -2.38.